The molecule has 0 atom stereocenters. The van der Waals surface area contributed by atoms with Crippen LogP contribution in [0.4, 0.5) is 0 Å². The highest BCUT2D eigenvalue weighted by molar-refractivity contribution is 6.29. The molecule has 3 heteroatoms. The van der Waals surface area contributed by atoms with Crippen LogP contribution in [0.3, 0.4) is 0 Å². The van der Waals surface area contributed by atoms with E-state index in [-0.39, 0.29) is 12.4 Å². The van der Waals surface area contributed by atoms with E-state index in [0.717, 1.165) is 5.57 Å². The lowest BCUT2D eigenvalue weighted by Crippen LogP contribution is -2.00. The summed E-state index contributed by atoms with van der Waals surface area (Å²) in [7, 11) is 1.36. The Morgan fingerprint density at radius 3 is 2.30 bits per heavy atom. The quantitative estimate of drug-likeness (QED) is 0.582. The number of ether oxygens (including phenoxy) is 1. The minimum Gasteiger partial charge on any atom is -0.469 e. The fourth-order valence-corrected chi connectivity index (χ4v) is 0.477. The van der Waals surface area contributed by atoms with E-state index in [9.17, 15) is 4.79 Å². The highest BCUT2D eigenvalue weighted by atomic mass is 35.5. The van der Waals surface area contributed by atoms with Crippen LogP contribution in [-0.4, -0.2) is 13.1 Å². The van der Waals surface area contributed by atoms with Crippen LogP contribution in [0, 0.1) is 0 Å². The molecule has 0 aromatic rings. The standard InChI is InChI=1S/C7H11ClO2/c1-5(6(2)8)4-7(9)10-3/h4H2,1-3H3. The van der Waals surface area contributed by atoms with Crippen molar-refractivity contribution >= 4 is 17.6 Å². The number of hydrogen-bond donors (Lipinski definition) is 0. The average molecular weight is 163 g/mol. The third kappa shape index (κ3) is 3.51. The third-order valence-corrected chi connectivity index (χ3v) is 1.55. The molecule has 0 aromatic carbocycles. The van der Waals surface area contributed by atoms with Gasteiger partial charge in [-0.1, -0.05) is 11.6 Å². The maximum atomic E-state index is 10.6. The van der Waals surface area contributed by atoms with Crippen LogP contribution in [0.1, 0.15) is 20.3 Å². The molecule has 10 heavy (non-hydrogen) atoms. The molecule has 58 valence electrons. The first-order valence-corrected chi connectivity index (χ1v) is 3.34. The molecule has 0 unspecified atom stereocenters. The molecule has 0 amide bonds. The van der Waals surface area contributed by atoms with Gasteiger partial charge in [-0.3, -0.25) is 4.79 Å². The van der Waals surface area contributed by atoms with E-state index >= 15 is 0 Å². The third-order valence-electron chi connectivity index (χ3n) is 1.23. The van der Waals surface area contributed by atoms with Crippen LogP contribution in [0.25, 0.3) is 0 Å². The van der Waals surface area contributed by atoms with Gasteiger partial charge in [-0.15, -0.1) is 0 Å². The van der Waals surface area contributed by atoms with Gasteiger partial charge in [-0.2, -0.15) is 0 Å². The average Bonchev–Trinajstić information content (AvgIpc) is 1.87. The van der Waals surface area contributed by atoms with Crippen molar-refractivity contribution in [2.75, 3.05) is 7.11 Å². The van der Waals surface area contributed by atoms with Crippen LogP contribution in [0.2, 0.25) is 0 Å². The largest absolute Gasteiger partial charge is 0.469 e. The Hall–Kier alpha value is -0.500. The van der Waals surface area contributed by atoms with Crippen molar-refractivity contribution in [2.24, 2.45) is 0 Å². The molecule has 0 saturated heterocycles. The number of hydrogen-bond acceptors (Lipinski definition) is 2. The molecule has 0 radical (unpaired) electrons. The summed E-state index contributed by atoms with van der Waals surface area (Å²) in [5.74, 6) is -0.252. The van der Waals surface area contributed by atoms with Gasteiger partial charge in [0.15, 0.2) is 0 Å². The smallest absolute Gasteiger partial charge is 0.309 e. The summed E-state index contributed by atoms with van der Waals surface area (Å²) in [5, 5.41) is 0.658. The van der Waals surface area contributed by atoms with Crippen LogP contribution in [0.5, 0.6) is 0 Å². The number of carbonyl (C=O) groups is 1. The molecule has 0 rings (SSSR count). The summed E-state index contributed by atoms with van der Waals surface area (Å²) in [6, 6.07) is 0. The van der Waals surface area contributed by atoms with Crippen molar-refractivity contribution in [2.45, 2.75) is 20.3 Å². The van der Waals surface area contributed by atoms with E-state index in [1.165, 1.54) is 7.11 Å². The molecule has 0 bridgehead atoms. The normalized spacial score (nSPS) is 12.4. The molecule has 0 aromatic heterocycles. The van der Waals surface area contributed by atoms with Crippen LogP contribution < -0.4 is 0 Å². The molecule has 0 saturated carbocycles. The van der Waals surface area contributed by atoms with Gasteiger partial charge in [0.05, 0.1) is 13.5 Å². The Labute approximate surface area is 65.8 Å². The Balaban J connectivity index is 3.92. The summed E-state index contributed by atoms with van der Waals surface area (Å²) in [5.41, 5.74) is 0.855. The fraction of sp³-hybridized carbons (Fsp3) is 0.571. The lowest BCUT2D eigenvalue weighted by molar-refractivity contribution is -0.139. The lowest BCUT2D eigenvalue weighted by atomic mass is 10.2. The zero-order valence-corrected chi connectivity index (χ0v) is 7.16. The van der Waals surface area contributed by atoms with Crippen LogP contribution in [0.15, 0.2) is 10.6 Å². The summed E-state index contributed by atoms with van der Waals surface area (Å²) in [6.07, 6.45) is 0.284. The Morgan fingerprint density at radius 2 is 2.00 bits per heavy atom. The zero-order valence-electron chi connectivity index (χ0n) is 6.40. The molecule has 0 N–H and O–H groups in total. The van der Waals surface area contributed by atoms with Gasteiger partial charge in [0, 0.05) is 5.03 Å². The van der Waals surface area contributed by atoms with E-state index in [1.807, 2.05) is 0 Å². The first kappa shape index (κ1) is 9.50. The number of allylic oxidation sites excluding steroid dienone is 1. The van der Waals surface area contributed by atoms with Gasteiger partial charge in [0.1, 0.15) is 0 Å². The fourth-order valence-electron chi connectivity index (χ4n) is 0.410. The minimum atomic E-state index is -0.252. The van der Waals surface area contributed by atoms with Gasteiger partial charge < -0.3 is 4.74 Å². The topological polar surface area (TPSA) is 26.3 Å². The van der Waals surface area contributed by atoms with Crippen molar-refractivity contribution in [3.63, 3.8) is 0 Å². The van der Waals surface area contributed by atoms with E-state index in [1.54, 1.807) is 13.8 Å². The molecule has 0 aliphatic heterocycles. The maximum absolute atomic E-state index is 10.6. The van der Waals surface area contributed by atoms with Gasteiger partial charge in [-0.25, -0.2) is 0 Å². The van der Waals surface area contributed by atoms with E-state index in [4.69, 9.17) is 11.6 Å². The molecule has 0 spiro atoms. The zero-order chi connectivity index (χ0) is 8.15. The van der Waals surface area contributed by atoms with Gasteiger partial charge in [-0.05, 0) is 19.4 Å². The maximum Gasteiger partial charge on any atom is 0.309 e. The van der Waals surface area contributed by atoms with Gasteiger partial charge in [0.2, 0.25) is 0 Å². The highest BCUT2D eigenvalue weighted by Gasteiger charge is 2.02. The number of rotatable bonds is 2. The van der Waals surface area contributed by atoms with Crippen molar-refractivity contribution in [3.05, 3.63) is 10.6 Å². The molecular formula is C7H11ClO2. The van der Waals surface area contributed by atoms with Gasteiger partial charge in [0.25, 0.3) is 0 Å². The SMILES string of the molecule is COC(=O)CC(C)=C(C)Cl. The molecular weight excluding hydrogens is 152 g/mol. The summed E-state index contributed by atoms with van der Waals surface area (Å²) in [6.45, 7) is 3.55. The monoisotopic (exact) mass is 162 g/mol. The number of esters is 1. The summed E-state index contributed by atoms with van der Waals surface area (Å²) < 4.78 is 4.44. The summed E-state index contributed by atoms with van der Waals surface area (Å²) >= 11 is 5.60. The van der Waals surface area contributed by atoms with Crippen molar-refractivity contribution < 1.29 is 9.53 Å². The second kappa shape index (κ2) is 4.34. The lowest BCUT2D eigenvalue weighted by Gasteiger charge is -1.99. The Bertz CT molecular complexity index is 157. The number of methoxy groups -OCH3 is 1. The van der Waals surface area contributed by atoms with E-state index in [2.05, 4.69) is 4.74 Å². The minimum absolute atomic E-state index is 0.252. The van der Waals surface area contributed by atoms with Crippen molar-refractivity contribution in [1.29, 1.82) is 0 Å². The first-order valence-electron chi connectivity index (χ1n) is 2.96. The number of halogens is 1. The van der Waals surface area contributed by atoms with Crippen LogP contribution >= 0.6 is 11.6 Å². The molecule has 0 aliphatic carbocycles. The molecule has 0 fully saturated rings. The predicted octanol–water partition coefficient (Wildman–Crippen LogP) is 2.08. The second-order valence-corrected chi connectivity index (χ2v) is 2.63. The van der Waals surface area contributed by atoms with Crippen LogP contribution in [-0.2, 0) is 9.53 Å². The Morgan fingerprint density at radius 1 is 1.50 bits per heavy atom. The second-order valence-electron chi connectivity index (χ2n) is 2.07. The first-order chi connectivity index (χ1) is 4.57. The van der Waals surface area contributed by atoms with E-state index in [0.29, 0.717) is 5.03 Å². The predicted molar refractivity (Wildman–Crippen MR) is 40.9 cm³/mol. The highest BCUT2D eigenvalue weighted by Crippen LogP contribution is 2.11. The molecule has 2 nitrogen and oxygen atoms in total. The molecule has 0 heterocycles. The summed E-state index contributed by atoms with van der Waals surface area (Å²) in [4.78, 5) is 10.6. The van der Waals surface area contributed by atoms with E-state index < -0.39 is 0 Å². The number of carbonyl (C=O) groups excluding carboxylic acids is 1. The van der Waals surface area contributed by atoms with Crippen molar-refractivity contribution in [3.8, 4) is 0 Å². The van der Waals surface area contributed by atoms with Gasteiger partial charge >= 0.3 is 5.97 Å². The van der Waals surface area contributed by atoms with Crippen molar-refractivity contribution in [1.82, 2.24) is 0 Å². The Kier molecular flexibility index (Phi) is 4.12. The molecule has 0 aliphatic rings.